The summed E-state index contributed by atoms with van der Waals surface area (Å²) in [4.78, 5) is 23.7. The number of carbonyl (C=O) groups excluding carboxylic acids is 1. The highest BCUT2D eigenvalue weighted by Gasteiger charge is 2.11. The van der Waals surface area contributed by atoms with E-state index in [1.807, 2.05) is 0 Å². The molecule has 0 aliphatic heterocycles. The summed E-state index contributed by atoms with van der Waals surface area (Å²) in [5, 5.41) is 0. The average molecular weight is 255 g/mol. The van der Waals surface area contributed by atoms with E-state index in [1.165, 1.54) is 6.20 Å². The number of nitrogens with zero attached hydrogens (tertiary/aromatic N) is 3. The van der Waals surface area contributed by atoms with Crippen molar-refractivity contribution in [2.75, 3.05) is 0 Å². The Balaban J connectivity index is 1.71. The van der Waals surface area contributed by atoms with Gasteiger partial charge in [-0.15, -0.1) is 0 Å². The van der Waals surface area contributed by atoms with Crippen molar-refractivity contribution in [1.82, 2.24) is 15.0 Å². The molecule has 3 rings (SSSR count). The van der Waals surface area contributed by atoms with Gasteiger partial charge in [-0.2, -0.15) is 0 Å². The normalized spacial score (nSPS) is 10.5. The Hall–Kier alpha value is -2.76. The minimum absolute atomic E-state index is 0.0498. The molecule has 6 nitrogen and oxygen atoms in total. The van der Waals surface area contributed by atoms with Gasteiger partial charge < -0.3 is 9.15 Å². The first-order chi connectivity index (χ1) is 9.33. The number of rotatable bonds is 3. The molecule has 0 atom stereocenters. The molecule has 0 saturated heterocycles. The van der Waals surface area contributed by atoms with Crippen LogP contribution in [0.1, 0.15) is 16.4 Å². The maximum Gasteiger partial charge on any atom is 0.357 e. The zero-order valence-electron chi connectivity index (χ0n) is 9.81. The van der Waals surface area contributed by atoms with Gasteiger partial charge in [0.1, 0.15) is 11.2 Å². The largest absolute Gasteiger partial charge is 0.451 e. The van der Waals surface area contributed by atoms with E-state index in [-0.39, 0.29) is 12.3 Å². The standard InChI is InChI=1S/C13H9N3O3/c17-13(10-4-1-2-6-14-10)18-8-11-16-9-5-3-7-15-12(9)19-11/h1-7H,8H2. The van der Waals surface area contributed by atoms with Crippen molar-refractivity contribution in [3.63, 3.8) is 0 Å². The fourth-order valence-electron chi connectivity index (χ4n) is 1.56. The Kier molecular flexibility index (Phi) is 2.89. The van der Waals surface area contributed by atoms with Gasteiger partial charge in [0.2, 0.25) is 11.6 Å². The van der Waals surface area contributed by atoms with Crippen LogP contribution < -0.4 is 0 Å². The lowest BCUT2D eigenvalue weighted by atomic mass is 10.3. The molecule has 94 valence electrons. The van der Waals surface area contributed by atoms with Crippen molar-refractivity contribution in [2.24, 2.45) is 0 Å². The molecule has 0 unspecified atom stereocenters. The van der Waals surface area contributed by atoms with Gasteiger partial charge in [0.25, 0.3) is 0 Å². The van der Waals surface area contributed by atoms with E-state index in [2.05, 4.69) is 15.0 Å². The van der Waals surface area contributed by atoms with Crippen molar-refractivity contribution in [3.8, 4) is 0 Å². The molecule has 0 aliphatic rings. The highest BCUT2D eigenvalue weighted by atomic mass is 16.5. The predicted molar refractivity (Wildman–Crippen MR) is 65.2 cm³/mol. The van der Waals surface area contributed by atoms with Crippen LogP contribution in [0.15, 0.2) is 47.1 Å². The number of aromatic nitrogens is 3. The summed E-state index contributed by atoms with van der Waals surface area (Å²) in [6.07, 6.45) is 3.14. The second kappa shape index (κ2) is 4.85. The van der Waals surface area contributed by atoms with E-state index in [0.717, 1.165) is 0 Å². The highest BCUT2D eigenvalue weighted by molar-refractivity contribution is 5.87. The van der Waals surface area contributed by atoms with Crippen molar-refractivity contribution in [2.45, 2.75) is 6.61 Å². The fraction of sp³-hybridized carbons (Fsp3) is 0.0769. The summed E-state index contributed by atoms with van der Waals surface area (Å²) >= 11 is 0. The summed E-state index contributed by atoms with van der Waals surface area (Å²) in [7, 11) is 0. The molecule has 0 radical (unpaired) electrons. The second-order valence-corrected chi connectivity index (χ2v) is 3.73. The molecular weight excluding hydrogens is 246 g/mol. The molecule has 6 heteroatoms. The highest BCUT2D eigenvalue weighted by Crippen LogP contribution is 2.13. The van der Waals surface area contributed by atoms with E-state index in [4.69, 9.17) is 9.15 Å². The number of esters is 1. The van der Waals surface area contributed by atoms with Crippen LogP contribution >= 0.6 is 0 Å². The van der Waals surface area contributed by atoms with Gasteiger partial charge in [-0.3, -0.25) is 0 Å². The molecular formula is C13H9N3O3. The number of hydrogen-bond donors (Lipinski definition) is 0. The van der Waals surface area contributed by atoms with E-state index >= 15 is 0 Å². The molecule has 0 bridgehead atoms. The van der Waals surface area contributed by atoms with E-state index < -0.39 is 5.97 Å². The quantitative estimate of drug-likeness (QED) is 0.666. The van der Waals surface area contributed by atoms with Crippen LogP contribution in [0.2, 0.25) is 0 Å². The molecule has 0 amide bonds. The summed E-state index contributed by atoms with van der Waals surface area (Å²) in [5.74, 6) is -0.214. The molecule has 0 aliphatic carbocycles. The average Bonchev–Trinajstić information content (AvgIpc) is 2.88. The van der Waals surface area contributed by atoms with Gasteiger partial charge in [0.05, 0.1) is 0 Å². The van der Waals surface area contributed by atoms with Gasteiger partial charge >= 0.3 is 5.97 Å². The first-order valence-corrected chi connectivity index (χ1v) is 5.61. The molecule has 0 fully saturated rings. The molecule has 3 heterocycles. The van der Waals surface area contributed by atoms with Gasteiger partial charge in [0.15, 0.2) is 6.61 Å². The third-order valence-corrected chi connectivity index (χ3v) is 2.41. The zero-order chi connectivity index (χ0) is 13.1. The minimum Gasteiger partial charge on any atom is -0.451 e. The lowest BCUT2D eigenvalue weighted by Crippen LogP contribution is -2.07. The molecule has 0 saturated carbocycles. The lowest BCUT2D eigenvalue weighted by molar-refractivity contribution is 0.0433. The molecule has 0 N–H and O–H groups in total. The zero-order valence-corrected chi connectivity index (χ0v) is 9.81. The summed E-state index contributed by atoms with van der Waals surface area (Å²) in [6, 6.07) is 8.55. The van der Waals surface area contributed by atoms with Crippen LogP contribution in [0, 0.1) is 0 Å². The predicted octanol–water partition coefficient (Wildman–Crippen LogP) is 1.97. The Labute approximate surface area is 108 Å². The number of ether oxygens (including phenoxy) is 1. The summed E-state index contributed by atoms with van der Waals surface area (Å²) in [6.45, 7) is -0.0498. The minimum atomic E-state index is -0.518. The van der Waals surface area contributed by atoms with E-state index in [0.29, 0.717) is 17.1 Å². The SMILES string of the molecule is O=C(OCc1nc2cccnc2o1)c1ccccn1. The van der Waals surface area contributed by atoms with Gasteiger partial charge in [-0.05, 0) is 24.3 Å². The van der Waals surface area contributed by atoms with Crippen LogP contribution in [-0.2, 0) is 11.3 Å². The van der Waals surface area contributed by atoms with E-state index in [1.54, 1.807) is 36.5 Å². The molecule has 0 aromatic carbocycles. The number of hydrogen-bond acceptors (Lipinski definition) is 6. The summed E-state index contributed by atoms with van der Waals surface area (Å²) in [5.41, 5.74) is 1.30. The monoisotopic (exact) mass is 255 g/mol. The second-order valence-electron chi connectivity index (χ2n) is 3.73. The van der Waals surface area contributed by atoms with Crippen LogP contribution in [0.25, 0.3) is 11.2 Å². The van der Waals surface area contributed by atoms with Crippen molar-refractivity contribution in [1.29, 1.82) is 0 Å². The van der Waals surface area contributed by atoms with E-state index in [9.17, 15) is 4.79 Å². The Bertz CT molecular complexity index is 676. The first kappa shape index (κ1) is 11.3. The van der Waals surface area contributed by atoms with Crippen molar-refractivity contribution >= 4 is 17.2 Å². The third-order valence-electron chi connectivity index (χ3n) is 2.41. The Morgan fingerprint density at radius 3 is 2.84 bits per heavy atom. The number of carbonyl (C=O) groups is 1. The number of pyridine rings is 2. The Morgan fingerprint density at radius 1 is 1.16 bits per heavy atom. The van der Waals surface area contributed by atoms with Gasteiger partial charge in [-0.1, -0.05) is 6.07 Å². The van der Waals surface area contributed by atoms with Crippen LogP contribution in [0.4, 0.5) is 0 Å². The summed E-state index contributed by atoms with van der Waals surface area (Å²) < 4.78 is 10.4. The van der Waals surface area contributed by atoms with Crippen LogP contribution in [0.5, 0.6) is 0 Å². The molecule has 0 spiro atoms. The molecule has 3 aromatic heterocycles. The maximum atomic E-state index is 11.7. The lowest BCUT2D eigenvalue weighted by Gasteiger charge is -2.00. The topological polar surface area (TPSA) is 78.1 Å². The molecule has 19 heavy (non-hydrogen) atoms. The van der Waals surface area contributed by atoms with Crippen molar-refractivity contribution < 1.29 is 13.9 Å². The maximum absolute atomic E-state index is 11.7. The van der Waals surface area contributed by atoms with Crippen LogP contribution in [-0.4, -0.2) is 20.9 Å². The van der Waals surface area contributed by atoms with Crippen molar-refractivity contribution in [3.05, 3.63) is 54.3 Å². The third kappa shape index (κ3) is 2.42. The number of oxazole rings is 1. The van der Waals surface area contributed by atoms with Crippen LogP contribution in [0.3, 0.4) is 0 Å². The van der Waals surface area contributed by atoms with Gasteiger partial charge in [-0.25, -0.2) is 19.7 Å². The Morgan fingerprint density at radius 2 is 2.05 bits per heavy atom. The molecule has 3 aromatic rings. The smallest absolute Gasteiger partial charge is 0.357 e. The first-order valence-electron chi connectivity index (χ1n) is 5.61. The number of fused-ring (bicyclic) bond motifs is 1. The van der Waals surface area contributed by atoms with Gasteiger partial charge in [0, 0.05) is 12.4 Å². The fourth-order valence-corrected chi connectivity index (χ4v) is 1.56.